The number of aromatic nitrogens is 2. The molecular weight excluding hydrogens is 523 g/mol. The Morgan fingerprint density at radius 3 is 2.63 bits per heavy atom. The first kappa shape index (κ1) is 27.2. The SMILES string of the molecule is CN(C)C/C=C/C(=O)N1CC2(CC2)c2ccc(Nc3nc(Nc4ccc(OC5CCOCC5)cc4)ncc3F)cc21. The highest BCUT2D eigenvalue weighted by atomic mass is 19.1. The zero-order valence-corrected chi connectivity index (χ0v) is 23.4. The van der Waals surface area contributed by atoms with E-state index >= 15 is 0 Å². The second-order valence-corrected chi connectivity index (χ2v) is 11.2. The van der Waals surface area contributed by atoms with E-state index in [-0.39, 0.29) is 29.2 Å². The van der Waals surface area contributed by atoms with Crippen LogP contribution in [0.15, 0.2) is 60.8 Å². The van der Waals surface area contributed by atoms with Crippen LogP contribution in [-0.4, -0.2) is 67.3 Å². The lowest BCUT2D eigenvalue weighted by Gasteiger charge is -2.23. The number of halogens is 1. The molecule has 0 radical (unpaired) electrons. The Labute approximate surface area is 239 Å². The third-order valence-corrected chi connectivity index (χ3v) is 7.76. The largest absolute Gasteiger partial charge is 0.490 e. The third-order valence-electron chi connectivity index (χ3n) is 7.76. The average molecular weight is 559 g/mol. The molecule has 1 saturated heterocycles. The monoisotopic (exact) mass is 558 g/mol. The molecule has 1 aromatic heterocycles. The number of nitrogens with one attached hydrogen (secondary N) is 2. The van der Waals surface area contributed by atoms with Crippen LogP contribution < -0.4 is 20.3 Å². The van der Waals surface area contributed by atoms with Crippen molar-refractivity contribution < 1.29 is 18.7 Å². The Hall–Kier alpha value is -4.02. The smallest absolute Gasteiger partial charge is 0.250 e. The molecule has 214 valence electrons. The van der Waals surface area contributed by atoms with E-state index in [2.05, 4.69) is 20.6 Å². The zero-order valence-electron chi connectivity index (χ0n) is 23.4. The molecule has 0 bridgehead atoms. The van der Waals surface area contributed by atoms with Gasteiger partial charge in [-0.05, 0) is 68.9 Å². The van der Waals surface area contributed by atoms with Crippen molar-refractivity contribution in [3.05, 3.63) is 72.2 Å². The molecule has 3 heterocycles. The molecule has 9 nitrogen and oxygen atoms in total. The van der Waals surface area contributed by atoms with Gasteiger partial charge < -0.3 is 29.9 Å². The minimum atomic E-state index is -0.575. The highest BCUT2D eigenvalue weighted by Crippen LogP contribution is 2.57. The van der Waals surface area contributed by atoms with Gasteiger partial charge in [0.05, 0.1) is 19.4 Å². The quantitative estimate of drug-likeness (QED) is 0.348. The summed E-state index contributed by atoms with van der Waals surface area (Å²) in [4.78, 5) is 25.4. The average Bonchev–Trinajstić information content (AvgIpc) is 3.68. The van der Waals surface area contributed by atoms with Gasteiger partial charge in [0.1, 0.15) is 11.9 Å². The fraction of sp³-hybridized carbons (Fsp3) is 0.387. The Balaban J connectivity index is 1.15. The Morgan fingerprint density at radius 1 is 1.15 bits per heavy atom. The van der Waals surface area contributed by atoms with Crippen molar-refractivity contribution in [1.82, 2.24) is 14.9 Å². The number of nitrogens with zero attached hydrogens (tertiary/aromatic N) is 4. The number of fused-ring (bicyclic) bond motifs is 2. The molecule has 3 aromatic rings. The number of anilines is 5. The van der Waals surface area contributed by atoms with Crippen LogP contribution in [0.3, 0.4) is 0 Å². The fourth-order valence-corrected chi connectivity index (χ4v) is 5.37. The van der Waals surface area contributed by atoms with Gasteiger partial charge in [0.25, 0.3) is 5.91 Å². The first-order valence-corrected chi connectivity index (χ1v) is 14.1. The van der Waals surface area contributed by atoms with Crippen molar-refractivity contribution in [2.24, 2.45) is 0 Å². The Kier molecular flexibility index (Phi) is 7.59. The van der Waals surface area contributed by atoms with Crippen molar-refractivity contribution in [2.75, 3.05) is 55.9 Å². The summed E-state index contributed by atoms with van der Waals surface area (Å²) in [5.74, 6) is 0.472. The summed E-state index contributed by atoms with van der Waals surface area (Å²) in [5.41, 5.74) is 3.48. The van der Waals surface area contributed by atoms with Crippen LogP contribution in [0, 0.1) is 5.82 Å². The van der Waals surface area contributed by atoms with Gasteiger partial charge in [-0.3, -0.25) is 4.79 Å². The van der Waals surface area contributed by atoms with Crippen molar-refractivity contribution in [3.8, 4) is 5.75 Å². The molecule has 1 aliphatic carbocycles. The van der Waals surface area contributed by atoms with Crippen LogP contribution in [0.4, 0.5) is 33.2 Å². The molecule has 0 atom stereocenters. The van der Waals surface area contributed by atoms with Crippen molar-refractivity contribution in [2.45, 2.75) is 37.2 Å². The van der Waals surface area contributed by atoms with E-state index in [9.17, 15) is 9.18 Å². The summed E-state index contributed by atoms with van der Waals surface area (Å²) in [6, 6.07) is 13.4. The molecule has 41 heavy (non-hydrogen) atoms. The number of carbonyl (C=O) groups excluding carboxylic acids is 1. The Bertz CT molecular complexity index is 1430. The molecular formula is C31H35FN6O3. The van der Waals surface area contributed by atoms with Crippen LogP contribution in [0.1, 0.15) is 31.2 Å². The first-order valence-electron chi connectivity index (χ1n) is 14.1. The molecule has 10 heteroatoms. The molecule has 2 aliphatic heterocycles. The lowest BCUT2D eigenvalue weighted by Crippen LogP contribution is -2.30. The van der Waals surface area contributed by atoms with E-state index in [4.69, 9.17) is 9.47 Å². The maximum atomic E-state index is 14.8. The van der Waals surface area contributed by atoms with Gasteiger partial charge in [0, 0.05) is 54.5 Å². The topological polar surface area (TPSA) is 91.9 Å². The fourth-order valence-electron chi connectivity index (χ4n) is 5.37. The minimum absolute atomic E-state index is 0.0432. The van der Waals surface area contributed by atoms with Crippen molar-refractivity contribution in [3.63, 3.8) is 0 Å². The van der Waals surface area contributed by atoms with Gasteiger partial charge in [-0.1, -0.05) is 12.1 Å². The van der Waals surface area contributed by atoms with Gasteiger partial charge in [-0.15, -0.1) is 0 Å². The van der Waals surface area contributed by atoms with Crippen LogP contribution in [0.5, 0.6) is 5.75 Å². The first-order chi connectivity index (χ1) is 19.9. The number of likely N-dealkylation sites (N-methyl/N-ethyl adjacent to an activating group) is 1. The van der Waals surface area contributed by atoms with Gasteiger partial charge in [0.2, 0.25) is 5.95 Å². The number of carbonyl (C=O) groups is 1. The number of hydrogen-bond donors (Lipinski definition) is 2. The molecule has 2 aromatic carbocycles. The summed E-state index contributed by atoms with van der Waals surface area (Å²) >= 11 is 0. The summed E-state index contributed by atoms with van der Waals surface area (Å²) in [6.07, 6.45) is 8.70. The van der Waals surface area contributed by atoms with E-state index in [1.54, 1.807) is 6.08 Å². The molecule has 0 unspecified atom stereocenters. The second kappa shape index (κ2) is 11.5. The molecule has 1 amide bonds. The lowest BCUT2D eigenvalue weighted by molar-refractivity contribution is -0.114. The van der Waals surface area contributed by atoms with Crippen molar-refractivity contribution >= 4 is 34.7 Å². The summed E-state index contributed by atoms with van der Waals surface area (Å²) in [7, 11) is 3.93. The summed E-state index contributed by atoms with van der Waals surface area (Å²) in [5, 5.41) is 6.22. The third kappa shape index (κ3) is 6.18. The highest BCUT2D eigenvalue weighted by Gasteiger charge is 2.52. The van der Waals surface area contributed by atoms with E-state index in [1.165, 1.54) is 5.56 Å². The number of hydrogen-bond acceptors (Lipinski definition) is 8. The lowest BCUT2D eigenvalue weighted by atomic mass is 9.98. The second-order valence-electron chi connectivity index (χ2n) is 11.2. The molecule has 2 fully saturated rings. The predicted molar refractivity (Wildman–Crippen MR) is 157 cm³/mol. The maximum absolute atomic E-state index is 14.8. The van der Waals surface area contributed by atoms with Crippen LogP contribution in [0.2, 0.25) is 0 Å². The van der Waals surface area contributed by atoms with E-state index in [1.807, 2.05) is 72.4 Å². The number of amides is 1. The zero-order chi connectivity index (χ0) is 28.4. The van der Waals surface area contributed by atoms with Gasteiger partial charge in [-0.25, -0.2) is 9.37 Å². The van der Waals surface area contributed by atoms with Crippen LogP contribution >= 0.6 is 0 Å². The normalized spacial score (nSPS) is 17.7. The standard InChI is InChI=1S/C31H35FN6O3/c1-37(2)15-3-4-28(39)38-20-31(13-14-31)25-10-7-22(18-27(25)38)34-29-26(32)19-33-30(36-29)35-21-5-8-23(9-6-21)41-24-11-16-40-17-12-24/h3-10,18-19,24H,11-17,20H2,1-2H3,(H2,33,34,35,36)/b4-3+. The number of rotatable bonds is 9. The minimum Gasteiger partial charge on any atom is -0.490 e. The molecule has 1 saturated carbocycles. The molecule has 3 aliphatic rings. The maximum Gasteiger partial charge on any atom is 0.250 e. The van der Waals surface area contributed by atoms with E-state index in [0.717, 1.165) is 62.2 Å². The van der Waals surface area contributed by atoms with Crippen LogP contribution in [-0.2, 0) is 14.9 Å². The summed E-state index contributed by atoms with van der Waals surface area (Å²) in [6.45, 7) is 2.81. The molecule has 6 rings (SSSR count). The van der Waals surface area contributed by atoms with Gasteiger partial charge >= 0.3 is 0 Å². The Morgan fingerprint density at radius 2 is 1.90 bits per heavy atom. The highest BCUT2D eigenvalue weighted by molar-refractivity contribution is 6.04. The van der Waals surface area contributed by atoms with Gasteiger partial charge in [-0.2, -0.15) is 4.98 Å². The van der Waals surface area contributed by atoms with E-state index < -0.39 is 5.82 Å². The molecule has 2 N–H and O–H groups in total. The van der Waals surface area contributed by atoms with E-state index in [0.29, 0.717) is 18.8 Å². The van der Waals surface area contributed by atoms with Gasteiger partial charge in [0.15, 0.2) is 11.6 Å². The number of benzene rings is 2. The predicted octanol–water partition coefficient (Wildman–Crippen LogP) is 5.16. The number of ether oxygens (including phenoxy) is 2. The van der Waals surface area contributed by atoms with Crippen LogP contribution in [0.25, 0.3) is 0 Å². The van der Waals surface area contributed by atoms with Crippen molar-refractivity contribution in [1.29, 1.82) is 0 Å². The summed E-state index contributed by atoms with van der Waals surface area (Å²) < 4.78 is 26.2. The molecule has 1 spiro atoms.